The quantitative estimate of drug-likeness (QED) is 0.280. The summed E-state index contributed by atoms with van der Waals surface area (Å²) in [4.78, 5) is 26.3. The van der Waals surface area contributed by atoms with Crippen LogP contribution in [0.5, 0.6) is 5.75 Å². The number of amides is 1. The van der Waals surface area contributed by atoms with Gasteiger partial charge in [0.05, 0.1) is 24.2 Å². The van der Waals surface area contributed by atoms with Crippen molar-refractivity contribution in [2.75, 3.05) is 38.2 Å². The number of anilines is 1. The zero-order valence-electron chi connectivity index (χ0n) is 20.2. The Bertz CT molecular complexity index is 1320. The number of nitrogens with zero attached hydrogens (tertiary/aromatic N) is 7. The van der Waals surface area contributed by atoms with Crippen molar-refractivity contribution in [3.05, 3.63) is 83.9 Å². The van der Waals surface area contributed by atoms with E-state index in [0.717, 1.165) is 28.4 Å². The molecule has 0 radical (unpaired) electrons. The number of aryl methyl sites for hydroxylation is 1. The monoisotopic (exact) mass is 501 g/mol. The number of benzene rings is 2. The van der Waals surface area contributed by atoms with Crippen LogP contribution >= 0.6 is 11.8 Å². The zero-order chi connectivity index (χ0) is 24.9. The number of aromatic nitrogens is 5. The first-order valence-electron chi connectivity index (χ1n) is 11.7. The highest BCUT2D eigenvalue weighted by Crippen LogP contribution is 2.29. The summed E-state index contributed by atoms with van der Waals surface area (Å²) in [5, 5.41) is 9.35. The normalized spacial score (nSPS) is 13.6. The first-order valence-corrected chi connectivity index (χ1v) is 12.7. The van der Waals surface area contributed by atoms with Gasteiger partial charge in [-0.05, 0) is 37.3 Å². The summed E-state index contributed by atoms with van der Waals surface area (Å²) in [6.45, 7) is 4.62. The molecule has 0 N–H and O–H groups in total. The number of thioether (sulfide) groups is 1. The molecule has 36 heavy (non-hydrogen) atoms. The Morgan fingerprint density at radius 3 is 2.42 bits per heavy atom. The number of piperazine rings is 1. The summed E-state index contributed by atoms with van der Waals surface area (Å²) < 4.78 is 7.26. The van der Waals surface area contributed by atoms with E-state index in [1.165, 1.54) is 11.8 Å². The van der Waals surface area contributed by atoms with Crippen molar-refractivity contribution in [1.29, 1.82) is 0 Å². The van der Waals surface area contributed by atoms with Gasteiger partial charge in [-0.25, -0.2) is 14.6 Å². The van der Waals surface area contributed by atoms with E-state index in [4.69, 9.17) is 4.74 Å². The van der Waals surface area contributed by atoms with Gasteiger partial charge in [0.1, 0.15) is 5.75 Å². The van der Waals surface area contributed by atoms with E-state index in [1.807, 2.05) is 60.4 Å². The summed E-state index contributed by atoms with van der Waals surface area (Å²) in [6, 6.07) is 17.7. The van der Waals surface area contributed by atoms with Crippen LogP contribution in [0.3, 0.4) is 0 Å². The maximum atomic E-state index is 13.6. The lowest BCUT2D eigenvalue weighted by atomic mass is 10.2. The Labute approximate surface area is 214 Å². The molecule has 184 valence electrons. The minimum atomic E-state index is -0.113. The maximum absolute atomic E-state index is 13.6. The molecule has 0 unspecified atom stereocenters. The van der Waals surface area contributed by atoms with Gasteiger partial charge in [0, 0.05) is 44.3 Å². The second-order valence-corrected chi connectivity index (χ2v) is 9.35. The Morgan fingerprint density at radius 2 is 1.69 bits per heavy atom. The predicted octanol–water partition coefficient (Wildman–Crippen LogP) is 3.63. The topological polar surface area (TPSA) is 89.3 Å². The van der Waals surface area contributed by atoms with Crippen molar-refractivity contribution in [2.24, 2.45) is 0 Å². The Morgan fingerprint density at radius 1 is 0.972 bits per heavy atom. The van der Waals surface area contributed by atoms with E-state index in [2.05, 4.69) is 25.2 Å². The third kappa shape index (κ3) is 5.03. The third-order valence-corrected chi connectivity index (χ3v) is 7.00. The summed E-state index contributed by atoms with van der Waals surface area (Å²) in [7, 11) is 1.68. The van der Waals surface area contributed by atoms with Gasteiger partial charge in [0.25, 0.3) is 5.91 Å². The van der Waals surface area contributed by atoms with Gasteiger partial charge in [0.15, 0.2) is 10.9 Å². The zero-order valence-corrected chi connectivity index (χ0v) is 21.1. The molecule has 1 saturated heterocycles. The molecule has 0 aliphatic carbocycles. The Hall–Kier alpha value is -3.92. The van der Waals surface area contributed by atoms with E-state index in [9.17, 15) is 4.79 Å². The van der Waals surface area contributed by atoms with Crippen LogP contribution in [0, 0.1) is 6.92 Å². The lowest BCUT2D eigenvalue weighted by Crippen LogP contribution is -2.49. The van der Waals surface area contributed by atoms with Crippen LogP contribution in [-0.4, -0.2) is 69.1 Å². The third-order valence-electron chi connectivity index (χ3n) is 6.12. The van der Waals surface area contributed by atoms with Crippen molar-refractivity contribution in [2.45, 2.75) is 17.8 Å². The highest BCUT2D eigenvalue weighted by atomic mass is 32.2. The Kier molecular flexibility index (Phi) is 7.13. The highest BCUT2D eigenvalue weighted by molar-refractivity contribution is 7.98. The molecule has 1 fully saturated rings. The molecule has 0 spiro atoms. The lowest BCUT2D eigenvalue weighted by molar-refractivity contribution is 0.0740. The first kappa shape index (κ1) is 23.8. The fourth-order valence-corrected chi connectivity index (χ4v) is 4.97. The van der Waals surface area contributed by atoms with Crippen molar-refractivity contribution in [3.63, 3.8) is 0 Å². The molecule has 1 aliphatic rings. The number of carbonyl (C=O) groups excluding carboxylic acids is 1. The molecule has 1 aliphatic heterocycles. The summed E-state index contributed by atoms with van der Waals surface area (Å²) >= 11 is 1.45. The number of para-hydroxylation sites is 2. The van der Waals surface area contributed by atoms with Gasteiger partial charge in [0.2, 0.25) is 0 Å². The molecule has 0 saturated carbocycles. The molecule has 0 bridgehead atoms. The van der Waals surface area contributed by atoms with Crippen LogP contribution in [-0.2, 0) is 5.75 Å². The van der Waals surface area contributed by atoms with Crippen LogP contribution in [0.4, 0.5) is 5.69 Å². The number of rotatable bonds is 7. The second kappa shape index (κ2) is 10.8. The predicted molar refractivity (Wildman–Crippen MR) is 139 cm³/mol. The van der Waals surface area contributed by atoms with Gasteiger partial charge in [-0.15, -0.1) is 5.10 Å². The summed E-state index contributed by atoms with van der Waals surface area (Å²) in [5.74, 6) is 1.19. The largest absolute Gasteiger partial charge is 0.495 e. The van der Waals surface area contributed by atoms with Crippen molar-refractivity contribution in [1.82, 2.24) is 29.9 Å². The number of ether oxygens (including phenoxy) is 1. The molecule has 10 heteroatoms. The van der Waals surface area contributed by atoms with Crippen LogP contribution < -0.4 is 9.64 Å². The minimum absolute atomic E-state index is 0.113. The van der Waals surface area contributed by atoms with Crippen LogP contribution in [0.1, 0.15) is 21.7 Å². The summed E-state index contributed by atoms with van der Waals surface area (Å²) in [6.07, 6.45) is 3.41. The SMILES string of the molecule is COc1ccccc1N1CCN(C(=O)c2nnn(-c3ccc(C)cc3)c2CSc2ncccn2)CC1. The van der Waals surface area contributed by atoms with Gasteiger partial charge < -0.3 is 14.5 Å². The molecule has 5 rings (SSSR count). The fraction of sp³-hybridized carbons (Fsp3) is 0.269. The molecule has 4 aromatic rings. The van der Waals surface area contributed by atoms with E-state index in [1.54, 1.807) is 30.3 Å². The van der Waals surface area contributed by atoms with Crippen molar-refractivity contribution < 1.29 is 9.53 Å². The fourth-order valence-electron chi connectivity index (χ4n) is 4.17. The van der Waals surface area contributed by atoms with Crippen LogP contribution in [0.15, 0.2) is 72.1 Å². The molecular weight excluding hydrogens is 474 g/mol. The molecule has 9 nitrogen and oxygen atoms in total. The smallest absolute Gasteiger partial charge is 0.276 e. The summed E-state index contributed by atoms with van der Waals surface area (Å²) in [5.41, 5.74) is 4.14. The van der Waals surface area contributed by atoms with Crippen molar-refractivity contribution >= 4 is 23.4 Å². The minimum Gasteiger partial charge on any atom is -0.495 e. The number of hydrogen-bond acceptors (Lipinski definition) is 8. The van der Waals surface area contributed by atoms with Gasteiger partial charge >= 0.3 is 0 Å². The van der Waals surface area contributed by atoms with Gasteiger partial charge in [-0.3, -0.25) is 4.79 Å². The first-order chi connectivity index (χ1) is 17.6. The number of methoxy groups -OCH3 is 1. The van der Waals surface area contributed by atoms with E-state index < -0.39 is 0 Å². The molecule has 0 atom stereocenters. The molecule has 2 aromatic carbocycles. The van der Waals surface area contributed by atoms with E-state index in [0.29, 0.717) is 42.8 Å². The lowest BCUT2D eigenvalue weighted by Gasteiger charge is -2.36. The molecule has 2 aromatic heterocycles. The Balaban J connectivity index is 1.37. The van der Waals surface area contributed by atoms with Gasteiger partial charge in [-0.1, -0.05) is 46.8 Å². The van der Waals surface area contributed by atoms with Crippen molar-refractivity contribution in [3.8, 4) is 11.4 Å². The molecular formula is C26H27N7O2S. The molecule has 3 heterocycles. The van der Waals surface area contributed by atoms with E-state index in [-0.39, 0.29) is 5.91 Å². The van der Waals surface area contributed by atoms with Crippen LogP contribution in [0.2, 0.25) is 0 Å². The van der Waals surface area contributed by atoms with Gasteiger partial charge in [-0.2, -0.15) is 0 Å². The second-order valence-electron chi connectivity index (χ2n) is 8.40. The van der Waals surface area contributed by atoms with E-state index >= 15 is 0 Å². The van der Waals surface area contributed by atoms with Crippen LogP contribution in [0.25, 0.3) is 5.69 Å². The standard InChI is InChI=1S/C26H27N7O2S/c1-19-8-10-20(11-9-19)33-22(18-36-26-27-12-5-13-28-26)24(29-30-33)25(34)32-16-14-31(15-17-32)21-6-3-4-7-23(21)35-2/h3-13H,14-18H2,1-2H3. The average Bonchev–Trinajstić information content (AvgIpc) is 3.36. The number of carbonyl (C=O) groups is 1. The average molecular weight is 502 g/mol. The number of hydrogen-bond donors (Lipinski definition) is 0. The molecule has 1 amide bonds. The maximum Gasteiger partial charge on any atom is 0.276 e. The highest BCUT2D eigenvalue weighted by Gasteiger charge is 2.29.